The van der Waals surface area contributed by atoms with E-state index in [1.807, 2.05) is 98.7 Å². The molecule has 2 aromatic heterocycles. The van der Waals surface area contributed by atoms with Crippen LogP contribution in [0.5, 0.6) is 0 Å². The summed E-state index contributed by atoms with van der Waals surface area (Å²) in [5.41, 5.74) is 4.19. The average Bonchev–Trinajstić information content (AvgIpc) is 3.02. The molecule has 0 saturated carbocycles. The summed E-state index contributed by atoms with van der Waals surface area (Å²) in [6.07, 6.45) is 5.54. The quantitative estimate of drug-likeness (QED) is 0.167. The van der Waals surface area contributed by atoms with Crippen molar-refractivity contribution in [2.24, 2.45) is 0 Å². The van der Waals surface area contributed by atoms with Crippen LogP contribution < -0.4 is 21.2 Å². The fourth-order valence-corrected chi connectivity index (χ4v) is 5.96. The van der Waals surface area contributed by atoms with E-state index in [0.29, 0.717) is 45.6 Å². The van der Waals surface area contributed by atoms with Crippen LogP contribution in [0.15, 0.2) is 107 Å². The van der Waals surface area contributed by atoms with E-state index < -0.39 is 0 Å². The molecule has 0 aliphatic carbocycles. The molecule has 4 aromatic carbocycles. The van der Waals surface area contributed by atoms with Gasteiger partial charge in [0.2, 0.25) is 0 Å². The van der Waals surface area contributed by atoms with E-state index in [1.54, 1.807) is 33.4 Å². The Morgan fingerprint density at radius 3 is 1.41 bits per heavy atom. The standard InChI is InChI=1S/C36H32Cl2N6O2/c1-41(2)33-29-17-15-25(37)21-31(29)43(35(45)39-33)27-13-7-11-23(19-27)9-5-6-10-24-12-8-14-28(20-24)44-32-22-26(38)16-18-30(32)34(42(3)4)40-36(44)46/h5-8,11-22H,9-10H2,1-4H3/b6-5-. The van der Waals surface area contributed by atoms with Gasteiger partial charge in [-0.1, -0.05) is 59.6 Å². The fourth-order valence-electron chi connectivity index (χ4n) is 5.63. The first-order valence-electron chi connectivity index (χ1n) is 14.7. The maximum atomic E-state index is 13.2. The summed E-state index contributed by atoms with van der Waals surface area (Å²) in [6, 6.07) is 26.7. The highest BCUT2D eigenvalue weighted by molar-refractivity contribution is 6.31. The molecule has 0 atom stereocenters. The van der Waals surface area contributed by atoms with Crippen LogP contribution in [0.1, 0.15) is 11.1 Å². The average molecular weight is 652 g/mol. The number of rotatable bonds is 8. The molecule has 0 radical (unpaired) electrons. The van der Waals surface area contributed by atoms with Gasteiger partial charge in [0.25, 0.3) is 0 Å². The topological polar surface area (TPSA) is 76.3 Å². The molecule has 46 heavy (non-hydrogen) atoms. The lowest BCUT2D eigenvalue weighted by Crippen LogP contribution is -2.25. The molecule has 8 nitrogen and oxygen atoms in total. The van der Waals surface area contributed by atoms with Crippen LogP contribution in [-0.4, -0.2) is 47.3 Å². The highest BCUT2D eigenvalue weighted by atomic mass is 35.5. The first-order chi connectivity index (χ1) is 22.1. The van der Waals surface area contributed by atoms with Gasteiger partial charge in [0.05, 0.1) is 22.4 Å². The van der Waals surface area contributed by atoms with Gasteiger partial charge < -0.3 is 9.80 Å². The van der Waals surface area contributed by atoms with Crippen molar-refractivity contribution in [3.63, 3.8) is 0 Å². The number of nitrogens with zero attached hydrogens (tertiary/aromatic N) is 6. The third-order valence-corrected chi connectivity index (χ3v) is 8.20. The molecule has 0 spiro atoms. The Hall–Kier alpha value is -4.92. The summed E-state index contributed by atoms with van der Waals surface area (Å²) >= 11 is 12.7. The molecule has 6 rings (SSSR count). The molecule has 0 unspecified atom stereocenters. The monoisotopic (exact) mass is 650 g/mol. The summed E-state index contributed by atoms with van der Waals surface area (Å²) in [4.78, 5) is 38.8. The number of aromatic nitrogens is 4. The van der Waals surface area contributed by atoms with Crippen LogP contribution in [-0.2, 0) is 12.8 Å². The van der Waals surface area contributed by atoms with Crippen molar-refractivity contribution in [2.45, 2.75) is 12.8 Å². The first kappa shape index (κ1) is 31.1. The number of benzene rings is 4. The van der Waals surface area contributed by atoms with Crippen molar-refractivity contribution in [3.05, 3.63) is 139 Å². The van der Waals surface area contributed by atoms with Gasteiger partial charge in [0.15, 0.2) is 0 Å². The van der Waals surface area contributed by atoms with Crippen molar-refractivity contribution in [1.82, 2.24) is 19.1 Å². The highest BCUT2D eigenvalue weighted by Crippen LogP contribution is 2.28. The lowest BCUT2D eigenvalue weighted by molar-refractivity contribution is 0.933. The van der Waals surface area contributed by atoms with Gasteiger partial charge in [0.1, 0.15) is 11.6 Å². The van der Waals surface area contributed by atoms with E-state index in [2.05, 4.69) is 22.1 Å². The molecule has 2 heterocycles. The predicted molar refractivity (Wildman–Crippen MR) is 190 cm³/mol. The van der Waals surface area contributed by atoms with Crippen LogP contribution in [0.3, 0.4) is 0 Å². The highest BCUT2D eigenvalue weighted by Gasteiger charge is 2.16. The van der Waals surface area contributed by atoms with E-state index in [4.69, 9.17) is 23.2 Å². The molecule has 0 amide bonds. The lowest BCUT2D eigenvalue weighted by Gasteiger charge is -2.17. The minimum absolute atomic E-state index is 0.369. The summed E-state index contributed by atoms with van der Waals surface area (Å²) in [5, 5.41) is 2.76. The molecule has 0 aliphatic heterocycles. The minimum Gasteiger partial charge on any atom is -0.362 e. The molecule has 0 aliphatic rings. The summed E-state index contributed by atoms with van der Waals surface area (Å²) in [6.45, 7) is 0. The number of anilines is 2. The van der Waals surface area contributed by atoms with Gasteiger partial charge in [-0.2, -0.15) is 9.97 Å². The second kappa shape index (κ2) is 12.8. The Morgan fingerprint density at radius 1 is 0.609 bits per heavy atom. The second-order valence-corrected chi connectivity index (χ2v) is 12.3. The molecule has 6 aromatic rings. The van der Waals surface area contributed by atoms with Crippen molar-refractivity contribution in [2.75, 3.05) is 38.0 Å². The van der Waals surface area contributed by atoms with E-state index in [-0.39, 0.29) is 11.4 Å². The van der Waals surface area contributed by atoms with Crippen LogP contribution in [0.2, 0.25) is 10.0 Å². The molecular formula is C36H32Cl2N6O2. The Kier molecular flexibility index (Phi) is 8.67. The third-order valence-electron chi connectivity index (χ3n) is 7.73. The van der Waals surface area contributed by atoms with E-state index >= 15 is 0 Å². The number of halogens is 2. The number of allylic oxidation sites excluding steroid dienone is 2. The molecule has 10 heteroatoms. The SMILES string of the molecule is CN(C)c1nc(=O)n(-c2cccc(C/C=C\Cc3cccc(-n4c(=O)nc(N(C)C)c5ccc(Cl)cc54)c3)c2)c2cc(Cl)ccc12. The maximum absolute atomic E-state index is 13.2. The van der Waals surface area contributed by atoms with Crippen LogP contribution in [0, 0.1) is 0 Å². The van der Waals surface area contributed by atoms with Gasteiger partial charge in [-0.05, 0) is 84.6 Å². The van der Waals surface area contributed by atoms with Gasteiger partial charge in [-0.15, -0.1) is 0 Å². The second-order valence-electron chi connectivity index (χ2n) is 11.4. The summed E-state index contributed by atoms with van der Waals surface area (Å²) < 4.78 is 3.21. The lowest BCUT2D eigenvalue weighted by atomic mass is 10.1. The zero-order chi connectivity index (χ0) is 32.5. The largest absolute Gasteiger partial charge is 0.362 e. The minimum atomic E-state index is -0.369. The van der Waals surface area contributed by atoms with E-state index in [1.165, 1.54) is 0 Å². The van der Waals surface area contributed by atoms with Gasteiger partial charge >= 0.3 is 11.4 Å². The maximum Gasteiger partial charge on any atom is 0.354 e. The normalized spacial score (nSPS) is 11.5. The smallest absolute Gasteiger partial charge is 0.354 e. The van der Waals surface area contributed by atoms with Gasteiger partial charge in [-0.3, -0.25) is 9.13 Å². The third kappa shape index (κ3) is 6.14. The molecule has 0 fully saturated rings. The van der Waals surface area contributed by atoms with Crippen molar-refractivity contribution >= 4 is 56.6 Å². The molecule has 0 saturated heterocycles. The molecule has 0 bridgehead atoms. The summed E-state index contributed by atoms with van der Waals surface area (Å²) in [7, 11) is 7.45. The molecule has 0 N–H and O–H groups in total. The Balaban J connectivity index is 1.26. The van der Waals surface area contributed by atoms with Crippen molar-refractivity contribution in [1.29, 1.82) is 0 Å². The number of hydrogen-bond donors (Lipinski definition) is 0. The van der Waals surface area contributed by atoms with E-state index in [0.717, 1.165) is 33.3 Å². The van der Waals surface area contributed by atoms with Crippen LogP contribution in [0.4, 0.5) is 11.6 Å². The number of fused-ring (bicyclic) bond motifs is 2. The van der Waals surface area contributed by atoms with E-state index in [9.17, 15) is 9.59 Å². The van der Waals surface area contributed by atoms with Gasteiger partial charge in [-0.25, -0.2) is 9.59 Å². The molecular weight excluding hydrogens is 619 g/mol. The predicted octanol–water partition coefficient (Wildman–Crippen LogP) is 6.87. The first-order valence-corrected chi connectivity index (χ1v) is 15.5. The fraction of sp³-hybridized carbons (Fsp3) is 0.167. The van der Waals surface area contributed by atoms with Crippen molar-refractivity contribution in [3.8, 4) is 11.4 Å². The van der Waals surface area contributed by atoms with Crippen LogP contribution in [0.25, 0.3) is 33.2 Å². The summed E-state index contributed by atoms with van der Waals surface area (Å²) in [5.74, 6) is 1.19. The Labute approximate surface area is 276 Å². The van der Waals surface area contributed by atoms with Crippen molar-refractivity contribution < 1.29 is 0 Å². The molecule has 232 valence electrons. The Bertz CT molecular complexity index is 2100. The Morgan fingerprint density at radius 2 is 1.02 bits per heavy atom. The van der Waals surface area contributed by atoms with Crippen LogP contribution >= 0.6 is 23.2 Å². The van der Waals surface area contributed by atoms with Gasteiger partial charge in [0, 0.05) is 49.0 Å². The zero-order valence-corrected chi connectivity index (χ0v) is 27.4. The number of hydrogen-bond acceptors (Lipinski definition) is 6. The zero-order valence-electron chi connectivity index (χ0n) is 25.9.